The maximum absolute atomic E-state index is 15.0. The topological polar surface area (TPSA) is 65.4 Å². The number of hydrogen-bond acceptors (Lipinski definition) is 6. The van der Waals surface area contributed by atoms with Crippen LogP contribution in [0.3, 0.4) is 0 Å². The fourth-order valence-corrected chi connectivity index (χ4v) is 5.95. The smallest absolute Gasteiger partial charge is 0.165 e. The van der Waals surface area contributed by atoms with Crippen LogP contribution in [0.25, 0.3) is 0 Å². The highest BCUT2D eigenvalue weighted by Crippen LogP contribution is 2.40. The number of benzene rings is 3. The van der Waals surface area contributed by atoms with E-state index in [1.165, 1.54) is 29.5 Å². The number of halogens is 1. The van der Waals surface area contributed by atoms with Crippen LogP contribution in [0.2, 0.25) is 0 Å². The van der Waals surface area contributed by atoms with Gasteiger partial charge in [-0.05, 0) is 104 Å². The molecule has 5 rings (SSSR count). The summed E-state index contributed by atoms with van der Waals surface area (Å²) in [6, 6.07) is 16.9. The molecule has 1 heterocycles. The first-order chi connectivity index (χ1) is 19.0. The van der Waals surface area contributed by atoms with Crippen LogP contribution in [0.1, 0.15) is 47.4 Å². The van der Waals surface area contributed by atoms with E-state index >= 15 is 4.39 Å². The van der Waals surface area contributed by atoms with E-state index in [0.29, 0.717) is 25.4 Å². The molecule has 0 unspecified atom stereocenters. The minimum absolute atomic E-state index is 0.0242. The first-order valence-corrected chi connectivity index (χ1v) is 14.0. The van der Waals surface area contributed by atoms with E-state index in [1.54, 1.807) is 25.3 Å². The van der Waals surface area contributed by atoms with Gasteiger partial charge >= 0.3 is 0 Å². The molecule has 6 nitrogen and oxygen atoms in total. The van der Waals surface area contributed by atoms with Gasteiger partial charge in [-0.25, -0.2) is 4.39 Å². The molecule has 0 spiro atoms. The Balaban J connectivity index is 1.34. The molecule has 0 aromatic heterocycles. The van der Waals surface area contributed by atoms with Crippen LogP contribution in [-0.4, -0.2) is 61.6 Å². The number of hydrogen-bond donors (Lipinski definition) is 2. The number of ether oxygens (including phenoxy) is 2. The summed E-state index contributed by atoms with van der Waals surface area (Å²) >= 11 is 0. The Morgan fingerprint density at radius 3 is 2.64 bits per heavy atom. The molecule has 2 N–H and O–H groups in total. The predicted octanol–water partition coefficient (Wildman–Crippen LogP) is 5.29. The lowest BCUT2D eigenvalue weighted by atomic mass is 9.79. The van der Waals surface area contributed by atoms with E-state index in [-0.39, 0.29) is 24.1 Å². The van der Waals surface area contributed by atoms with Crippen molar-refractivity contribution >= 4 is 5.69 Å². The molecule has 0 amide bonds. The molecule has 1 saturated heterocycles. The van der Waals surface area contributed by atoms with Crippen LogP contribution >= 0.6 is 0 Å². The summed E-state index contributed by atoms with van der Waals surface area (Å²) in [6.07, 6.45) is 5.17. The third-order valence-electron chi connectivity index (χ3n) is 8.04. The molecule has 3 aromatic rings. The van der Waals surface area contributed by atoms with Crippen LogP contribution in [-0.2, 0) is 19.4 Å². The zero-order valence-corrected chi connectivity index (χ0v) is 22.7. The minimum atomic E-state index is -0.365. The summed E-state index contributed by atoms with van der Waals surface area (Å²) in [5, 5.41) is 19.8. The average molecular weight is 535 g/mol. The monoisotopic (exact) mass is 534 g/mol. The molecule has 1 aliphatic heterocycles. The molecule has 0 saturated carbocycles. The molecule has 3 aromatic carbocycles. The number of aromatic hydroxyl groups is 1. The Hall–Kier alpha value is -3.29. The summed E-state index contributed by atoms with van der Waals surface area (Å²) in [6.45, 7) is 4.31. The summed E-state index contributed by atoms with van der Waals surface area (Å²) in [5.41, 5.74) is 5.44. The molecule has 0 radical (unpaired) electrons. The molecule has 1 atom stereocenters. The average Bonchev–Trinajstić information content (AvgIpc) is 3.47. The van der Waals surface area contributed by atoms with Gasteiger partial charge in [-0.1, -0.05) is 18.2 Å². The number of aliphatic hydroxyl groups is 1. The summed E-state index contributed by atoms with van der Waals surface area (Å²) in [7, 11) is 1.65. The zero-order valence-electron chi connectivity index (χ0n) is 22.7. The largest absolute Gasteiger partial charge is 0.508 e. The Morgan fingerprint density at radius 2 is 1.87 bits per heavy atom. The standard InChI is InChI=1S/C32H39FN2O4/c1-38-28-9-10-29(26-6-5-25-20-27(37)8-7-24(25)19-26)31(21-28)35(14-16-36)22-23-4-11-32(30(33)18-23)39-17-15-34-12-2-3-13-34/h4,7-11,18,20-21,26,36-37H,2-3,5-6,12-17,19,22H2,1H3/t26-/m1/s1. The number of likely N-dealkylation sites (tertiary alicyclic amines) is 1. The summed E-state index contributed by atoms with van der Waals surface area (Å²) in [4.78, 5) is 4.45. The molecule has 208 valence electrons. The van der Waals surface area contributed by atoms with Gasteiger partial charge in [0, 0.05) is 31.4 Å². The minimum Gasteiger partial charge on any atom is -0.508 e. The molecule has 7 heteroatoms. The normalized spacial score (nSPS) is 17.2. The predicted molar refractivity (Wildman–Crippen MR) is 152 cm³/mol. The van der Waals surface area contributed by atoms with Gasteiger partial charge in [-0.3, -0.25) is 4.90 Å². The van der Waals surface area contributed by atoms with Crippen LogP contribution in [0.15, 0.2) is 54.6 Å². The van der Waals surface area contributed by atoms with E-state index in [0.717, 1.165) is 55.9 Å². The first kappa shape index (κ1) is 27.3. The van der Waals surface area contributed by atoms with E-state index in [1.807, 2.05) is 30.3 Å². The number of aryl methyl sites for hydroxylation is 1. The number of methoxy groups -OCH3 is 1. The highest BCUT2D eigenvalue weighted by molar-refractivity contribution is 5.60. The molecule has 1 aliphatic carbocycles. The van der Waals surface area contributed by atoms with Crippen molar-refractivity contribution in [2.75, 3.05) is 51.4 Å². The van der Waals surface area contributed by atoms with Crippen LogP contribution in [0, 0.1) is 5.82 Å². The van der Waals surface area contributed by atoms with E-state index < -0.39 is 0 Å². The fraction of sp³-hybridized carbons (Fsp3) is 0.438. The van der Waals surface area contributed by atoms with Gasteiger partial charge < -0.3 is 24.6 Å². The van der Waals surface area contributed by atoms with Gasteiger partial charge in [-0.2, -0.15) is 0 Å². The second-order valence-electron chi connectivity index (χ2n) is 10.6. The van der Waals surface area contributed by atoms with Gasteiger partial charge in [0.25, 0.3) is 0 Å². The Labute approximate surface area is 230 Å². The van der Waals surface area contributed by atoms with Crippen molar-refractivity contribution < 1.29 is 24.1 Å². The Morgan fingerprint density at radius 1 is 1.03 bits per heavy atom. The fourth-order valence-electron chi connectivity index (χ4n) is 5.95. The Bertz CT molecular complexity index is 1260. The lowest BCUT2D eigenvalue weighted by Gasteiger charge is -2.32. The van der Waals surface area contributed by atoms with Crippen molar-refractivity contribution in [3.63, 3.8) is 0 Å². The van der Waals surface area contributed by atoms with Gasteiger partial charge in [-0.15, -0.1) is 0 Å². The molecule has 2 aliphatic rings. The van der Waals surface area contributed by atoms with E-state index in [9.17, 15) is 10.2 Å². The molecular weight excluding hydrogens is 495 g/mol. The van der Waals surface area contributed by atoms with Crippen molar-refractivity contribution in [3.8, 4) is 17.2 Å². The van der Waals surface area contributed by atoms with Gasteiger partial charge in [0.15, 0.2) is 11.6 Å². The maximum atomic E-state index is 15.0. The van der Waals surface area contributed by atoms with Gasteiger partial charge in [0.2, 0.25) is 0 Å². The third kappa shape index (κ3) is 6.65. The van der Waals surface area contributed by atoms with Crippen molar-refractivity contribution in [2.24, 2.45) is 0 Å². The van der Waals surface area contributed by atoms with Crippen LogP contribution in [0.4, 0.5) is 10.1 Å². The number of aliphatic hydroxyl groups excluding tert-OH is 1. The molecule has 0 bridgehead atoms. The maximum Gasteiger partial charge on any atom is 0.165 e. The summed E-state index contributed by atoms with van der Waals surface area (Å²) < 4.78 is 26.3. The number of fused-ring (bicyclic) bond motifs is 1. The third-order valence-corrected chi connectivity index (χ3v) is 8.04. The summed E-state index contributed by atoms with van der Waals surface area (Å²) in [5.74, 6) is 1.25. The lowest BCUT2D eigenvalue weighted by molar-refractivity contribution is 0.231. The quantitative estimate of drug-likeness (QED) is 0.349. The number of nitrogens with zero attached hydrogens (tertiary/aromatic N) is 2. The molecule has 39 heavy (non-hydrogen) atoms. The molecular formula is C32H39FN2O4. The zero-order chi connectivity index (χ0) is 27.2. The number of anilines is 1. The highest BCUT2D eigenvalue weighted by Gasteiger charge is 2.25. The lowest BCUT2D eigenvalue weighted by Crippen LogP contribution is -2.28. The van der Waals surface area contributed by atoms with Crippen molar-refractivity contribution in [2.45, 2.75) is 44.6 Å². The van der Waals surface area contributed by atoms with Crippen LogP contribution in [0.5, 0.6) is 17.2 Å². The van der Waals surface area contributed by atoms with E-state index in [2.05, 4.69) is 15.9 Å². The number of phenols is 1. The number of rotatable bonds is 11. The van der Waals surface area contributed by atoms with E-state index in [4.69, 9.17) is 9.47 Å². The van der Waals surface area contributed by atoms with Crippen molar-refractivity contribution in [1.82, 2.24) is 4.90 Å². The SMILES string of the molecule is COc1ccc([C@@H]2CCc3cc(O)ccc3C2)c(N(CCO)Cc2ccc(OCCN3CCCC3)c(F)c2)c1. The number of phenolic OH excluding ortho intramolecular Hbond substituents is 1. The van der Waals surface area contributed by atoms with Crippen LogP contribution < -0.4 is 14.4 Å². The van der Waals surface area contributed by atoms with Crippen molar-refractivity contribution in [1.29, 1.82) is 0 Å². The first-order valence-electron chi connectivity index (χ1n) is 14.0. The van der Waals surface area contributed by atoms with Crippen molar-refractivity contribution in [3.05, 3.63) is 82.7 Å². The van der Waals surface area contributed by atoms with Gasteiger partial charge in [0.1, 0.15) is 18.1 Å². The molecule has 1 fully saturated rings. The second-order valence-corrected chi connectivity index (χ2v) is 10.6. The van der Waals surface area contributed by atoms with Gasteiger partial charge in [0.05, 0.1) is 13.7 Å². The Kier molecular flexibility index (Phi) is 8.89. The highest BCUT2D eigenvalue weighted by atomic mass is 19.1. The second kappa shape index (κ2) is 12.7.